The van der Waals surface area contributed by atoms with Crippen molar-refractivity contribution < 1.29 is 4.79 Å². The van der Waals surface area contributed by atoms with Crippen LogP contribution in [0, 0.1) is 0 Å². The predicted molar refractivity (Wildman–Crippen MR) is 159 cm³/mol. The van der Waals surface area contributed by atoms with Gasteiger partial charge in [-0.3, -0.25) is 4.79 Å². The van der Waals surface area contributed by atoms with Crippen LogP contribution in [0.25, 0.3) is 40.3 Å². The lowest BCUT2D eigenvalue weighted by atomic mass is 10.2. The molecule has 3 nitrogen and oxygen atoms in total. The summed E-state index contributed by atoms with van der Waals surface area (Å²) in [4.78, 5) is 15.9. The largest absolute Gasteiger partial charge is 0.391 e. The highest BCUT2D eigenvalue weighted by Crippen LogP contribution is 2.40. The number of benzene rings is 4. The molecule has 0 saturated heterocycles. The van der Waals surface area contributed by atoms with Crippen LogP contribution in [0.2, 0.25) is 0 Å². The van der Waals surface area contributed by atoms with Crippen LogP contribution >= 0.6 is 34.0 Å². The highest BCUT2D eigenvalue weighted by Gasteiger charge is 2.11. The lowest BCUT2D eigenvalue weighted by Crippen LogP contribution is -1.73. The highest BCUT2D eigenvalue weighted by atomic mass is 32.1. The van der Waals surface area contributed by atoms with Crippen LogP contribution in [0.3, 0.4) is 0 Å². The number of fused-ring (bicyclic) bond motifs is 4. The average Bonchev–Trinajstić information content (AvgIpc) is 3.62. The van der Waals surface area contributed by atoms with Crippen molar-refractivity contribution in [2.24, 2.45) is 0 Å². The van der Waals surface area contributed by atoms with Crippen molar-refractivity contribution in [2.45, 2.75) is 0 Å². The molecule has 2 N–H and O–H groups in total. The van der Waals surface area contributed by atoms with E-state index in [1.165, 1.54) is 30.4 Å². The van der Waals surface area contributed by atoms with E-state index in [0.717, 1.165) is 26.7 Å². The number of nitrogen functional groups attached to an aromatic ring is 1. The molecule has 0 fully saturated rings. The maximum absolute atomic E-state index is 10.0. The molecule has 7 rings (SSSR count). The second-order valence-corrected chi connectivity index (χ2v) is 11.0. The molecule has 36 heavy (non-hydrogen) atoms. The van der Waals surface area contributed by atoms with Gasteiger partial charge in [-0.15, -0.1) is 34.0 Å². The smallest absolute Gasteiger partial charge is 0.150 e. The molecule has 0 aliphatic heterocycles. The summed E-state index contributed by atoms with van der Waals surface area (Å²) in [5.74, 6) is 0. The van der Waals surface area contributed by atoms with E-state index in [-0.39, 0.29) is 0 Å². The molecule has 0 aliphatic rings. The second-order valence-electron chi connectivity index (χ2n) is 7.83. The summed E-state index contributed by atoms with van der Waals surface area (Å²) in [6, 6.07) is 38.2. The fourth-order valence-corrected chi connectivity index (χ4v) is 6.81. The van der Waals surface area contributed by atoms with Crippen LogP contribution in [0.15, 0.2) is 115 Å². The lowest BCUT2D eigenvalue weighted by molar-refractivity contribution is 0.112. The van der Waals surface area contributed by atoms with E-state index >= 15 is 0 Å². The number of nitrogens with zero attached hydrogens (tertiary/aromatic N) is 1. The molecule has 7 aromatic rings. The Kier molecular flexibility index (Phi) is 7.47. The molecule has 0 aliphatic carbocycles. The predicted octanol–water partition coefficient (Wildman–Crippen LogP) is 9.16. The van der Waals surface area contributed by atoms with E-state index in [0.29, 0.717) is 0 Å². The van der Waals surface area contributed by atoms with Gasteiger partial charge in [0, 0.05) is 25.9 Å². The second kappa shape index (κ2) is 11.3. The maximum Gasteiger partial charge on any atom is 0.150 e. The summed E-state index contributed by atoms with van der Waals surface area (Å²) in [6.07, 6.45) is 0.833. The Morgan fingerprint density at radius 1 is 0.667 bits per heavy atom. The minimum absolute atomic E-state index is 0.729. The van der Waals surface area contributed by atoms with Crippen LogP contribution in [0.5, 0.6) is 0 Å². The number of aldehydes is 1. The van der Waals surface area contributed by atoms with Crippen LogP contribution in [-0.2, 0) is 0 Å². The first-order chi connectivity index (χ1) is 17.7. The van der Waals surface area contributed by atoms with Crippen molar-refractivity contribution in [2.75, 3.05) is 5.73 Å². The van der Waals surface area contributed by atoms with Gasteiger partial charge in [0.25, 0.3) is 0 Å². The van der Waals surface area contributed by atoms with Crippen LogP contribution in [0.4, 0.5) is 5.00 Å². The van der Waals surface area contributed by atoms with Gasteiger partial charge in [0.2, 0.25) is 0 Å². The van der Waals surface area contributed by atoms with Gasteiger partial charge in [-0.25, -0.2) is 4.98 Å². The molecule has 0 saturated carbocycles. The van der Waals surface area contributed by atoms with E-state index in [9.17, 15) is 4.79 Å². The average molecular weight is 523 g/mol. The number of anilines is 1. The Labute approximate surface area is 221 Å². The molecule has 6 heteroatoms. The minimum Gasteiger partial charge on any atom is -0.391 e. The van der Waals surface area contributed by atoms with Crippen molar-refractivity contribution in [3.8, 4) is 10.6 Å². The topological polar surface area (TPSA) is 56.0 Å². The van der Waals surface area contributed by atoms with Gasteiger partial charge < -0.3 is 5.73 Å². The third-order valence-corrected chi connectivity index (χ3v) is 8.61. The lowest BCUT2D eigenvalue weighted by Gasteiger charge is -1.93. The number of aromatic nitrogens is 1. The van der Waals surface area contributed by atoms with Crippen molar-refractivity contribution in [3.63, 3.8) is 0 Å². The zero-order valence-electron chi connectivity index (χ0n) is 19.2. The van der Waals surface area contributed by atoms with E-state index in [1.54, 1.807) is 46.1 Å². The Hall–Kier alpha value is -3.84. The fraction of sp³-hybridized carbons (Fsp3) is 0. The number of nitrogens with two attached hydrogens (primary N) is 1. The number of rotatable bonds is 2. The number of hydrogen-bond donors (Lipinski definition) is 1. The number of carbonyl (C=O) groups is 1. The first-order valence-corrected chi connectivity index (χ1v) is 13.7. The Bertz CT molecular complexity index is 1680. The molecule has 0 spiro atoms. The van der Waals surface area contributed by atoms with E-state index in [1.807, 2.05) is 42.5 Å². The highest BCUT2D eigenvalue weighted by molar-refractivity contribution is 7.33. The number of hydrogen-bond acceptors (Lipinski definition) is 6. The Morgan fingerprint density at radius 3 is 2.00 bits per heavy atom. The van der Waals surface area contributed by atoms with Crippen molar-refractivity contribution >= 4 is 75.0 Å². The zero-order valence-corrected chi connectivity index (χ0v) is 21.7. The Morgan fingerprint density at radius 2 is 1.31 bits per heavy atom. The van der Waals surface area contributed by atoms with Crippen molar-refractivity contribution in [1.82, 2.24) is 4.98 Å². The molecule has 3 heterocycles. The van der Waals surface area contributed by atoms with Crippen LogP contribution < -0.4 is 5.73 Å². The SMILES string of the molecule is Nc1cc2ccccc2s1.O=Cc1ccccc1.c1ccc(-c2nc3sc4ccccc4c3s2)cc1. The summed E-state index contributed by atoms with van der Waals surface area (Å²) in [6.45, 7) is 0. The molecule has 0 radical (unpaired) electrons. The molecule has 0 amide bonds. The summed E-state index contributed by atoms with van der Waals surface area (Å²) >= 11 is 5.19. The standard InChI is InChI=1S/C15H9NS2.C8H7NS.C7H6O/c1-2-6-10(7-3-1)14-16-15-13(18-14)11-8-4-5-9-12(11)17-15;9-8-5-6-3-1-2-4-7(6)10-8;8-6-7-4-2-1-3-5-7/h1-9H;1-5H,9H2;1-6H. The van der Waals surface area contributed by atoms with Crippen molar-refractivity contribution in [1.29, 1.82) is 0 Å². The molecule has 0 atom stereocenters. The molecule has 0 unspecified atom stereocenters. The first-order valence-electron chi connectivity index (χ1n) is 11.3. The Balaban J connectivity index is 0.000000125. The van der Waals surface area contributed by atoms with Gasteiger partial charge in [-0.2, -0.15) is 0 Å². The molecule has 3 aromatic heterocycles. The van der Waals surface area contributed by atoms with Gasteiger partial charge in [-0.1, -0.05) is 97.1 Å². The molecule has 176 valence electrons. The van der Waals surface area contributed by atoms with Crippen molar-refractivity contribution in [3.05, 3.63) is 121 Å². The summed E-state index contributed by atoms with van der Waals surface area (Å²) in [5, 5.41) is 4.57. The maximum atomic E-state index is 10.0. The van der Waals surface area contributed by atoms with Gasteiger partial charge >= 0.3 is 0 Å². The van der Waals surface area contributed by atoms with Gasteiger partial charge in [0.1, 0.15) is 16.1 Å². The third kappa shape index (κ3) is 5.52. The molecular formula is C30H22N2OS3. The zero-order chi connectivity index (χ0) is 24.7. The van der Waals surface area contributed by atoms with Gasteiger partial charge in [0.05, 0.1) is 9.70 Å². The van der Waals surface area contributed by atoms with E-state index in [2.05, 4.69) is 60.7 Å². The van der Waals surface area contributed by atoms with Gasteiger partial charge in [0.15, 0.2) is 0 Å². The van der Waals surface area contributed by atoms with Crippen LogP contribution in [-0.4, -0.2) is 11.3 Å². The molecule has 0 bridgehead atoms. The first kappa shape index (κ1) is 23.9. The molecule has 4 aromatic carbocycles. The normalized spacial score (nSPS) is 10.4. The minimum atomic E-state index is 0.729. The number of thiophene rings is 2. The van der Waals surface area contributed by atoms with Crippen LogP contribution in [0.1, 0.15) is 10.4 Å². The monoisotopic (exact) mass is 522 g/mol. The number of carbonyl (C=O) groups excluding carboxylic acids is 1. The third-order valence-electron chi connectivity index (χ3n) is 5.34. The quantitative estimate of drug-likeness (QED) is 0.230. The molecular weight excluding hydrogens is 501 g/mol. The van der Waals surface area contributed by atoms with E-state index < -0.39 is 0 Å². The summed E-state index contributed by atoms with van der Waals surface area (Å²) < 4.78 is 3.90. The number of thiazole rings is 1. The summed E-state index contributed by atoms with van der Waals surface area (Å²) in [7, 11) is 0. The van der Waals surface area contributed by atoms with Gasteiger partial charge in [-0.05, 0) is 23.6 Å². The fourth-order valence-electron chi connectivity index (χ4n) is 3.63. The summed E-state index contributed by atoms with van der Waals surface area (Å²) in [5.41, 5.74) is 7.54. The van der Waals surface area contributed by atoms with E-state index in [4.69, 9.17) is 10.7 Å².